The first-order chi connectivity index (χ1) is 14.0. The van der Waals surface area contributed by atoms with E-state index in [-0.39, 0.29) is 16.6 Å². The molecule has 4 aromatic rings. The number of oxazole rings is 1. The maximum atomic E-state index is 12.6. The minimum absolute atomic E-state index is 0.106. The number of aromatic amines is 1. The quantitative estimate of drug-likeness (QED) is 0.304. The Bertz CT molecular complexity index is 1250. The summed E-state index contributed by atoms with van der Waals surface area (Å²) in [6.45, 7) is 1.72. The minimum Gasteiger partial charge on any atom is -0.465 e. The summed E-state index contributed by atoms with van der Waals surface area (Å²) in [6.07, 6.45) is 1.66. The minimum atomic E-state index is -0.610. The van der Waals surface area contributed by atoms with Gasteiger partial charge in [0.2, 0.25) is 5.89 Å². The first-order valence-electron chi connectivity index (χ1n) is 8.68. The molecular weight excluding hydrogens is 392 g/mol. The number of hydrogen-bond acceptors (Lipinski definition) is 8. The van der Waals surface area contributed by atoms with Crippen LogP contribution in [0.2, 0.25) is 0 Å². The number of ether oxygens (including phenoxy) is 1. The predicted molar refractivity (Wildman–Crippen MR) is 108 cm³/mol. The lowest BCUT2D eigenvalue weighted by Gasteiger charge is -2.06. The van der Waals surface area contributed by atoms with E-state index >= 15 is 0 Å². The number of carbonyl (C=O) groups is 1. The SMILES string of the molecule is COC(=O)c1cc(C)nc2nc(SCc3ncc(-c4ccccc4)o3)[nH]c(=O)c12. The van der Waals surface area contributed by atoms with E-state index in [9.17, 15) is 9.59 Å². The molecule has 0 saturated carbocycles. The first kappa shape index (κ1) is 18.9. The van der Waals surface area contributed by atoms with E-state index in [1.54, 1.807) is 13.1 Å². The molecule has 146 valence electrons. The molecule has 0 aliphatic rings. The van der Waals surface area contributed by atoms with Crippen LogP contribution in [0.4, 0.5) is 0 Å². The number of benzene rings is 1. The third-order valence-electron chi connectivity index (χ3n) is 4.13. The van der Waals surface area contributed by atoms with Crippen molar-refractivity contribution in [1.29, 1.82) is 0 Å². The number of nitrogens with one attached hydrogen (secondary N) is 1. The summed E-state index contributed by atoms with van der Waals surface area (Å²) < 4.78 is 10.5. The van der Waals surface area contributed by atoms with E-state index in [1.807, 2.05) is 30.3 Å². The molecule has 29 heavy (non-hydrogen) atoms. The molecule has 1 aromatic carbocycles. The molecule has 3 heterocycles. The number of rotatable bonds is 5. The Kier molecular flexibility index (Phi) is 5.13. The number of thioether (sulfide) groups is 1. The number of fused-ring (bicyclic) bond motifs is 1. The number of hydrogen-bond donors (Lipinski definition) is 1. The molecular formula is C20H16N4O4S. The van der Waals surface area contributed by atoms with Crippen molar-refractivity contribution in [3.8, 4) is 11.3 Å². The number of carbonyl (C=O) groups excluding carboxylic acids is 1. The third-order valence-corrected chi connectivity index (χ3v) is 4.99. The van der Waals surface area contributed by atoms with Crippen molar-refractivity contribution in [1.82, 2.24) is 19.9 Å². The largest absolute Gasteiger partial charge is 0.465 e. The van der Waals surface area contributed by atoms with Crippen molar-refractivity contribution in [3.05, 3.63) is 70.1 Å². The molecule has 0 fully saturated rings. The normalized spacial score (nSPS) is 11.0. The fourth-order valence-corrected chi connectivity index (χ4v) is 3.54. The standard InChI is InChI=1S/C20H16N4O4S/c1-11-8-13(19(26)27-2)16-17(22-11)23-20(24-18(16)25)29-10-15-21-9-14(28-15)12-6-4-3-5-7-12/h3-9H,10H2,1-2H3,(H,22,23,24,25). The second kappa shape index (κ2) is 7.88. The average molecular weight is 408 g/mol. The van der Waals surface area contributed by atoms with Gasteiger partial charge in [-0.3, -0.25) is 4.79 Å². The number of esters is 1. The average Bonchev–Trinajstić information content (AvgIpc) is 3.20. The van der Waals surface area contributed by atoms with Crippen LogP contribution in [0.3, 0.4) is 0 Å². The molecule has 3 aromatic heterocycles. The number of H-pyrrole nitrogens is 1. The topological polar surface area (TPSA) is 111 Å². The zero-order valence-corrected chi connectivity index (χ0v) is 16.4. The Labute approximate surface area is 169 Å². The molecule has 0 amide bonds. The fourth-order valence-electron chi connectivity index (χ4n) is 2.83. The van der Waals surface area contributed by atoms with Crippen LogP contribution in [-0.2, 0) is 10.5 Å². The van der Waals surface area contributed by atoms with Gasteiger partial charge in [-0.1, -0.05) is 42.1 Å². The van der Waals surface area contributed by atoms with Gasteiger partial charge in [-0.25, -0.2) is 19.7 Å². The van der Waals surface area contributed by atoms with Crippen LogP contribution >= 0.6 is 11.8 Å². The highest BCUT2D eigenvalue weighted by molar-refractivity contribution is 7.98. The van der Waals surface area contributed by atoms with Gasteiger partial charge >= 0.3 is 5.97 Å². The number of aromatic nitrogens is 4. The Balaban J connectivity index is 1.60. The molecule has 4 rings (SSSR count). The molecule has 8 nitrogen and oxygen atoms in total. The van der Waals surface area contributed by atoms with Crippen molar-refractivity contribution in [2.75, 3.05) is 7.11 Å². The molecule has 0 bridgehead atoms. The fraction of sp³-hybridized carbons (Fsp3) is 0.150. The lowest BCUT2D eigenvalue weighted by Crippen LogP contribution is -2.16. The van der Waals surface area contributed by atoms with Crippen molar-refractivity contribution in [2.45, 2.75) is 17.8 Å². The Morgan fingerprint density at radius 1 is 1.24 bits per heavy atom. The summed E-state index contributed by atoms with van der Waals surface area (Å²) in [4.78, 5) is 40.2. The maximum Gasteiger partial charge on any atom is 0.338 e. The number of nitrogens with zero attached hydrogens (tertiary/aromatic N) is 3. The van der Waals surface area contributed by atoms with Crippen LogP contribution in [0.15, 0.2) is 57.0 Å². The van der Waals surface area contributed by atoms with Crippen LogP contribution in [0.1, 0.15) is 21.9 Å². The number of pyridine rings is 1. The van der Waals surface area contributed by atoms with Crippen LogP contribution in [0.5, 0.6) is 0 Å². The van der Waals surface area contributed by atoms with Gasteiger partial charge in [0.05, 0.1) is 30.0 Å². The van der Waals surface area contributed by atoms with E-state index in [2.05, 4.69) is 19.9 Å². The van der Waals surface area contributed by atoms with Gasteiger partial charge in [0.1, 0.15) is 0 Å². The summed E-state index contributed by atoms with van der Waals surface area (Å²) in [7, 11) is 1.26. The molecule has 0 spiro atoms. The molecule has 0 aliphatic carbocycles. The molecule has 0 saturated heterocycles. The van der Waals surface area contributed by atoms with Crippen LogP contribution < -0.4 is 5.56 Å². The van der Waals surface area contributed by atoms with Crippen molar-refractivity contribution >= 4 is 28.8 Å². The summed E-state index contributed by atoms with van der Waals surface area (Å²) in [6, 6.07) is 11.2. The second-order valence-corrected chi connectivity index (χ2v) is 7.11. The summed E-state index contributed by atoms with van der Waals surface area (Å²) in [5.74, 6) is 0.934. The molecule has 0 radical (unpaired) electrons. The van der Waals surface area contributed by atoms with Crippen molar-refractivity contribution in [2.24, 2.45) is 0 Å². The molecule has 1 N–H and O–H groups in total. The van der Waals surface area contributed by atoms with Gasteiger partial charge in [0, 0.05) is 11.3 Å². The van der Waals surface area contributed by atoms with Crippen LogP contribution in [0, 0.1) is 6.92 Å². The number of methoxy groups -OCH3 is 1. The first-order valence-corrected chi connectivity index (χ1v) is 9.66. The summed E-state index contributed by atoms with van der Waals surface area (Å²) in [5.41, 5.74) is 1.37. The van der Waals surface area contributed by atoms with Gasteiger partial charge in [-0.15, -0.1) is 0 Å². The van der Waals surface area contributed by atoms with E-state index in [0.717, 1.165) is 5.56 Å². The second-order valence-electron chi connectivity index (χ2n) is 6.15. The Morgan fingerprint density at radius 2 is 2.03 bits per heavy atom. The van der Waals surface area contributed by atoms with Gasteiger partial charge in [-0.2, -0.15) is 0 Å². The zero-order chi connectivity index (χ0) is 20.4. The predicted octanol–water partition coefficient (Wildman–Crippen LogP) is 3.36. The highest BCUT2D eigenvalue weighted by Gasteiger charge is 2.18. The van der Waals surface area contributed by atoms with Crippen LogP contribution in [-0.4, -0.2) is 33.0 Å². The maximum absolute atomic E-state index is 12.6. The Hall–Kier alpha value is -3.46. The number of aryl methyl sites for hydroxylation is 1. The molecule has 0 unspecified atom stereocenters. The highest BCUT2D eigenvalue weighted by atomic mass is 32.2. The van der Waals surface area contributed by atoms with E-state index in [1.165, 1.54) is 24.9 Å². The lowest BCUT2D eigenvalue weighted by atomic mass is 10.1. The van der Waals surface area contributed by atoms with Gasteiger partial charge in [0.25, 0.3) is 5.56 Å². The Morgan fingerprint density at radius 3 is 2.79 bits per heavy atom. The van der Waals surface area contributed by atoms with E-state index in [4.69, 9.17) is 9.15 Å². The van der Waals surface area contributed by atoms with E-state index < -0.39 is 11.5 Å². The van der Waals surface area contributed by atoms with Gasteiger partial charge < -0.3 is 14.1 Å². The van der Waals surface area contributed by atoms with Crippen LogP contribution in [0.25, 0.3) is 22.4 Å². The highest BCUT2D eigenvalue weighted by Crippen LogP contribution is 2.24. The van der Waals surface area contributed by atoms with Crippen molar-refractivity contribution in [3.63, 3.8) is 0 Å². The van der Waals surface area contributed by atoms with Crippen molar-refractivity contribution < 1.29 is 13.9 Å². The molecule has 0 atom stereocenters. The van der Waals surface area contributed by atoms with E-state index in [0.29, 0.717) is 28.3 Å². The smallest absolute Gasteiger partial charge is 0.338 e. The molecule has 9 heteroatoms. The molecule has 0 aliphatic heterocycles. The third kappa shape index (κ3) is 3.90. The lowest BCUT2D eigenvalue weighted by molar-refractivity contribution is 0.0602. The summed E-state index contributed by atoms with van der Waals surface area (Å²) in [5, 5.41) is 0.463. The van der Waals surface area contributed by atoms with Gasteiger partial charge in [0.15, 0.2) is 16.6 Å². The van der Waals surface area contributed by atoms with Gasteiger partial charge in [-0.05, 0) is 13.0 Å². The summed E-state index contributed by atoms with van der Waals surface area (Å²) >= 11 is 1.26. The monoisotopic (exact) mass is 408 g/mol. The zero-order valence-electron chi connectivity index (χ0n) is 15.6.